The van der Waals surface area contributed by atoms with Crippen LogP contribution in [0.15, 0.2) is 40.9 Å². The number of amides is 1. The lowest BCUT2D eigenvalue weighted by molar-refractivity contribution is 0.101. The molecule has 0 saturated heterocycles. The Labute approximate surface area is 214 Å². The molecule has 0 radical (unpaired) electrons. The van der Waals surface area contributed by atoms with Crippen LogP contribution in [0, 0.1) is 34.6 Å². The van der Waals surface area contributed by atoms with E-state index >= 15 is 0 Å². The summed E-state index contributed by atoms with van der Waals surface area (Å²) in [5, 5.41) is 12.6. The topological polar surface area (TPSA) is 82.2 Å². The predicted octanol–water partition coefficient (Wildman–Crippen LogP) is 6.60. The average Bonchev–Trinajstić information content (AvgIpc) is 3.31. The maximum absolute atomic E-state index is 13.2. The zero-order valence-corrected chi connectivity index (χ0v) is 21.7. The van der Waals surface area contributed by atoms with Crippen molar-refractivity contribution < 1.29 is 14.1 Å². The fourth-order valence-corrected chi connectivity index (χ4v) is 4.31. The molecule has 7 nitrogen and oxygen atoms in total. The van der Waals surface area contributed by atoms with E-state index in [2.05, 4.69) is 15.6 Å². The number of aryl methyl sites for hydroxylation is 4. The van der Waals surface area contributed by atoms with Crippen molar-refractivity contribution >= 4 is 34.8 Å². The lowest BCUT2D eigenvalue weighted by Crippen LogP contribution is -2.16. The Morgan fingerprint density at radius 3 is 2.49 bits per heavy atom. The van der Waals surface area contributed by atoms with Gasteiger partial charge >= 0.3 is 0 Å². The molecular weight excluding hydrogens is 487 g/mol. The van der Waals surface area contributed by atoms with Crippen LogP contribution in [0.4, 0.5) is 5.69 Å². The second kappa shape index (κ2) is 10.1. The molecule has 2 aromatic heterocycles. The number of carbonyl (C=O) groups excluding carboxylic acids is 1. The van der Waals surface area contributed by atoms with Gasteiger partial charge < -0.3 is 14.6 Å². The van der Waals surface area contributed by atoms with Gasteiger partial charge in [0.05, 0.1) is 29.2 Å². The Hall–Kier alpha value is -3.29. The first-order valence-corrected chi connectivity index (χ1v) is 11.8. The van der Waals surface area contributed by atoms with Gasteiger partial charge in [-0.3, -0.25) is 9.48 Å². The zero-order chi connectivity index (χ0) is 25.3. The third kappa shape index (κ3) is 5.21. The highest BCUT2D eigenvalue weighted by molar-refractivity contribution is 6.36. The van der Waals surface area contributed by atoms with Gasteiger partial charge in [0.1, 0.15) is 18.1 Å². The molecule has 4 aromatic rings. The summed E-state index contributed by atoms with van der Waals surface area (Å²) >= 11 is 12.7. The van der Waals surface area contributed by atoms with Crippen molar-refractivity contribution in [3.05, 3.63) is 91.5 Å². The van der Waals surface area contributed by atoms with Gasteiger partial charge in [0.25, 0.3) is 5.91 Å². The number of benzene rings is 2. The molecule has 2 heterocycles. The highest BCUT2D eigenvalue weighted by atomic mass is 35.5. The van der Waals surface area contributed by atoms with E-state index in [1.54, 1.807) is 29.8 Å². The Bertz CT molecular complexity index is 1390. The number of carbonyl (C=O) groups is 1. The molecule has 2 aromatic carbocycles. The van der Waals surface area contributed by atoms with E-state index in [0.717, 1.165) is 28.1 Å². The van der Waals surface area contributed by atoms with Crippen LogP contribution in [-0.2, 0) is 13.2 Å². The van der Waals surface area contributed by atoms with E-state index in [9.17, 15) is 4.79 Å². The first-order valence-electron chi connectivity index (χ1n) is 11.1. The van der Waals surface area contributed by atoms with E-state index in [0.29, 0.717) is 39.3 Å². The SMILES string of the molecule is Cc1ccc(C)c(OCc2c(C(=O)Nc3c(C)nn(Cc4c(Cl)cccc4Cl)c3C)noc2C)c1. The number of halogens is 2. The quantitative estimate of drug-likeness (QED) is 0.301. The van der Waals surface area contributed by atoms with Crippen molar-refractivity contribution in [1.82, 2.24) is 14.9 Å². The monoisotopic (exact) mass is 512 g/mol. The fraction of sp³-hybridized carbons (Fsp3) is 0.269. The second-order valence-corrected chi connectivity index (χ2v) is 9.30. The van der Waals surface area contributed by atoms with Crippen LogP contribution in [0.2, 0.25) is 10.0 Å². The molecule has 0 unspecified atom stereocenters. The first kappa shape index (κ1) is 24.8. The lowest BCUT2D eigenvalue weighted by Gasteiger charge is -2.11. The fourth-order valence-electron chi connectivity index (χ4n) is 3.79. The van der Waals surface area contributed by atoms with Crippen molar-refractivity contribution in [3.8, 4) is 5.75 Å². The van der Waals surface area contributed by atoms with Gasteiger partial charge in [0, 0.05) is 15.6 Å². The number of rotatable bonds is 7. The van der Waals surface area contributed by atoms with Gasteiger partial charge in [0.2, 0.25) is 0 Å². The lowest BCUT2D eigenvalue weighted by atomic mass is 10.1. The molecule has 0 aliphatic carbocycles. The molecule has 4 rings (SSSR count). The maximum Gasteiger partial charge on any atom is 0.278 e. The number of hydrogen-bond donors (Lipinski definition) is 1. The summed E-state index contributed by atoms with van der Waals surface area (Å²) in [4.78, 5) is 13.2. The first-order chi connectivity index (χ1) is 16.7. The average molecular weight is 513 g/mol. The van der Waals surface area contributed by atoms with Crippen LogP contribution in [0.5, 0.6) is 5.75 Å². The minimum absolute atomic E-state index is 0.157. The molecule has 9 heteroatoms. The largest absolute Gasteiger partial charge is 0.488 e. The molecule has 0 bridgehead atoms. The Kier molecular flexibility index (Phi) is 7.19. The van der Waals surface area contributed by atoms with Gasteiger partial charge in [-0.15, -0.1) is 0 Å². The van der Waals surface area contributed by atoms with Gasteiger partial charge in [-0.1, -0.05) is 46.6 Å². The van der Waals surface area contributed by atoms with Crippen molar-refractivity contribution in [1.29, 1.82) is 0 Å². The summed E-state index contributed by atoms with van der Waals surface area (Å²) in [6, 6.07) is 11.3. The van der Waals surface area contributed by atoms with Crippen LogP contribution in [0.3, 0.4) is 0 Å². The van der Waals surface area contributed by atoms with Crippen molar-refractivity contribution in [2.45, 2.75) is 47.8 Å². The highest BCUT2D eigenvalue weighted by Crippen LogP contribution is 2.28. The van der Waals surface area contributed by atoms with Crippen molar-refractivity contribution in [2.75, 3.05) is 5.32 Å². The molecular formula is C26H26Cl2N4O3. The summed E-state index contributed by atoms with van der Waals surface area (Å²) in [7, 11) is 0. The van der Waals surface area contributed by atoms with Crippen LogP contribution in [0.25, 0.3) is 0 Å². The summed E-state index contributed by atoms with van der Waals surface area (Å²) < 4.78 is 13.1. The Morgan fingerprint density at radius 2 is 1.77 bits per heavy atom. The van der Waals surface area contributed by atoms with Crippen LogP contribution >= 0.6 is 23.2 Å². The molecule has 0 fully saturated rings. The summed E-state index contributed by atoms with van der Waals surface area (Å²) in [6.07, 6.45) is 0. The maximum atomic E-state index is 13.2. The normalized spacial score (nSPS) is 11.1. The molecule has 182 valence electrons. The Morgan fingerprint density at radius 1 is 1.06 bits per heavy atom. The zero-order valence-electron chi connectivity index (χ0n) is 20.2. The van der Waals surface area contributed by atoms with E-state index in [1.165, 1.54) is 0 Å². The predicted molar refractivity (Wildman–Crippen MR) is 137 cm³/mol. The van der Waals surface area contributed by atoms with Gasteiger partial charge in [-0.2, -0.15) is 5.10 Å². The summed E-state index contributed by atoms with van der Waals surface area (Å²) in [6.45, 7) is 9.96. The molecule has 1 amide bonds. The third-order valence-corrected chi connectivity index (χ3v) is 6.61. The van der Waals surface area contributed by atoms with E-state index in [-0.39, 0.29) is 12.3 Å². The molecule has 0 saturated carbocycles. The van der Waals surface area contributed by atoms with E-state index in [1.807, 2.05) is 45.9 Å². The number of ether oxygens (including phenoxy) is 1. The smallest absolute Gasteiger partial charge is 0.278 e. The van der Waals surface area contributed by atoms with Crippen LogP contribution < -0.4 is 10.1 Å². The number of hydrogen-bond acceptors (Lipinski definition) is 5. The van der Waals surface area contributed by atoms with E-state index < -0.39 is 5.91 Å². The summed E-state index contributed by atoms with van der Waals surface area (Å²) in [5.74, 6) is 0.879. The number of aromatic nitrogens is 3. The number of nitrogens with zero attached hydrogens (tertiary/aromatic N) is 3. The molecule has 0 aliphatic heterocycles. The number of nitrogens with one attached hydrogen (secondary N) is 1. The minimum Gasteiger partial charge on any atom is -0.488 e. The highest BCUT2D eigenvalue weighted by Gasteiger charge is 2.23. The standard InChI is InChI=1S/C26H26Cl2N4O3/c1-14-9-10-15(2)23(11-14)34-13-20-18(5)35-31-25(20)26(33)29-24-16(3)30-32(17(24)4)12-19-21(27)7-6-8-22(19)28/h6-11H,12-13H2,1-5H3,(H,29,33). The molecule has 1 N–H and O–H groups in total. The Balaban J connectivity index is 1.54. The molecule has 0 spiro atoms. The van der Waals surface area contributed by atoms with Crippen LogP contribution in [0.1, 0.15) is 49.9 Å². The molecule has 0 aliphatic rings. The molecule has 35 heavy (non-hydrogen) atoms. The number of anilines is 1. The van der Waals surface area contributed by atoms with Gasteiger partial charge in [-0.25, -0.2) is 0 Å². The third-order valence-electron chi connectivity index (χ3n) is 5.91. The van der Waals surface area contributed by atoms with E-state index in [4.69, 9.17) is 32.5 Å². The van der Waals surface area contributed by atoms with Crippen LogP contribution in [-0.4, -0.2) is 20.8 Å². The van der Waals surface area contributed by atoms with Gasteiger partial charge in [0.15, 0.2) is 5.69 Å². The minimum atomic E-state index is -0.400. The van der Waals surface area contributed by atoms with Gasteiger partial charge in [-0.05, 0) is 63.9 Å². The molecule has 0 atom stereocenters. The summed E-state index contributed by atoms with van der Waals surface area (Å²) in [5.41, 5.74) is 5.65. The van der Waals surface area contributed by atoms with Crippen molar-refractivity contribution in [3.63, 3.8) is 0 Å². The van der Waals surface area contributed by atoms with Crippen molar-refractivity contribution in [2.24, 2.45) is 0 Å². The second-order valence-electron chi connectivity index (χ2n) is 8.48.